The largest absolute Gasteiger partial charge is 0.372 e. The molecule has 1 aromatic heterocycles. The molecule has 0 amide bonds. The Labute approximate surface area is 129 Å². The lowest BCUT2D eigenvalue weighted by atomic mass is 10.1. The highest BCUT2D eigenvalue weighted by atomic mass is 32.2. The van der Waals surface area contributed by atoms with Crippen molar-refractivity contribution in [2.24, 2.45) is 0 Å². The lowest BCUT2D eigenvalue weighted by molar-refractivity contribution is 0.0762. The molecule has 21 heavy (non-hydrogen) atoms. The Balaban J connectivity index is 2.16. The van der Waals surface area contributed by atoms with Crippen LogP contribution in [0.1, 0.15) is 25.0 Å². The summed E-state index contributed by atoms with van der Waals surface area (Å²) in [6.07, 6.45) is 1.11. The number of aromatic nitrogens is 1. The Morgan fingerprint density at radius 2 is 2.00 bits per heavy atom. The van der Waals surface area contributed by atoms with Crippen LogP contribution in [0.15, 0.2) is 29.6 Å². The van der Waals surface area contributed by atoms with E-state index in [1.54, 1.807) is 23.5 Å². The van der Waals surface area contributed by atoms with Gasteiger partial charge >= 0.3 is 0 Å². The SMILES string of the molecule is CCO[C@@H](C)c1nc(-c2ccc(NS(C)(=O)=O)cc2)cs1. The summed E-state index contributed by atoms with van der Waals surface area (Å²) in [5.74, 6) is 0. The molecule has 1 aromatic carbocycles. The van der Waals surface area contributed by atoms with E-state index in [1.807, 2.05) is 31.4 Å². The van der Waals surface area contributed by atoms with Crippen molar-refractivity contribution in [2.75, 3.05) is 17.6 Å². The van der Waals surface area contributed by atoms with Gasteiger partial charge in [-0.25, -0.2) is 13.4 Å². The van der Waals surface area contributed by atoms with Gasteiger partial charge in [-0.1, -0.05) is 12.1 Å². The maximum absolute atomic E-state index is 11.2. The zero-order chi connectivity index (χ0) is 15.5. The zero-order valence-electron chi connectivity index (χ0n) is 12.2. The number of rotatable bonds is 6. The van der Waals surface area contributed by atoms with Gasteiger partial charge in [0.05, 0.1) is 11.9 Å². The summed E-state index contributed by atoms with van der Waals surface area (Å²) in [5.41, 5.74) is 2.35. The average Bonchev–Trinajstić information content (AvgIpc) is 2.87. The highest BCUT2D eigenvalue weighted by Gasteiger charge is 2.11. The number of nitrogens with one attached hydrogen (secondary N) is 1. The van der Waals surface area contributed by atoms with Gasteiger partial charge in [0.25, 0.3) is 0 Å². The van der Waals surface area contributed by atoms with E-state index in [9.17, 15) is 8.42 Å². The molecule has 2 aromatic rings. The molecule has 7 heteroatoms. The molecular formula is C14H18N2O3S2. The minimum atomic E-state index is -3.25. The first-order valence-corrected chi connectivity index (χ1v) is 9.31. The van der Waals surface area contributed by atoms with Crippen molar-refractivity contribution in [2.45, 2.75) is 20.0 Å². The van der Waals surface area contributed by atoms with Gasteiger partial charge in [0.2, 0.25) is 10.0 Å². The average molecular weight is 326 g/mol. The van der Waals surface area contributed by atoms with Crippen LogP contribution < -0.4 is 4.72 Å². The predicted molar refractivity (Wildman–Crippen MR) is 86.1 cm³/mol. The highest BCUT2D eigenvalue weighted by Crippen LogP contribution is 2.27. The van der Waals surface area contributed by atoms with E-state index in [-0.39, 0.29) is 6.10 Å². The molecule has 2 rings (SSSR count). The van der Waals surface area contributed by atoms with Gasteiger partial charge < -0.3 is 4.74 Å². The lowest BCUT2D eigenvalue weighted by Gasteiger charge is -2.07. The molecule has 5 nitrogen and oxygen atoms in total. The van der Waals surface area contributed by atoms with Crippen LogP contribution in [0.2, 0.25) is 0 Å². The second-order valence-corrected chi connectivity index (χ2v) is 7.26. The van der Waals surface area contributed by atoms with E-state index in [0.29, 0.717) is 12.3 Å². The Hall–Kier alpha value is -1.44. The van der Waals surface area contributed by atoms with E-state index in [4.69, 9.17) is 4.74 Å². The molecule has 0 saturated carbocycles. The standard InChI is InChI=1S/C14H18N2O3S2/c1-4-19-10(2)14-15-13(9-20-14)11-5-7-12(8-6-11)16-21(3,17)18/h5-10,16H,4H2,1-3H3/t10-/m0/s1. The normalized spacial score (nSPS) is 13.1. The number of ether oxygens (including phenoxy) is 1. The van der Waals surface area contributed by atoms with Gasteiger partial charge in [-0.15, -0.1) is 11.3 Å². The van der Waals surface area contributed by atoms with E-state index < -0.39 is 10.0 Å². The molecule has 0 saturated heterocycles. The number of hydrogen-bond acceptors (Lipinski definition) is 5. The third-order valence-electron chi connectivity index (χ3n) is 2.77. The molecule has 0 radical (unpaired) electrons. The van der Waals surface area contributed by atoms with Crippen molar-refractivity contribution in [3.05, 3.63) is 34.7 Å². The Bertz CT molecular complexity index is 693. The smallest absolute Gasteiger partial charge is 0.229 e. The van der Waals surface area contributed by atoms with Crippen LogP contribution in [0.25, 0.3) is 11.3 Å². The van der Waals surface area contributed by atoms with Gasteiger partial charge in [0.15, 0.2) is 0 Å². The predicted octanol–water partition coefficient (Wildman–Crippen LogP) is 3.28. The molecule has 1 heterocycles. The summed E-state index contributed by atoms with van der Waals surface area (Å²) < 4.78 is 30.3. The minimum absolute atomic E-state index is 0.0140. The quantitative estimate of drug-likeness (QED) is 0.884. The Morgan fingerprint density at radius 1 is 1.33 bits per heavy atom. The molecule has 0 bridgehead atoms. The topological polar surface area (TPSA) is 68.3 Å². The van der Waals surface area contributed by atoms with Gasteiger partial charge in [0, 0.05) is 23.2 Å². The first-order chi connectivity index (χ1) is 9.89. The summed E-state index contributed by atoms with van der Waals surface area (Å²) in [5, 5.41) is 2.91. The third kappa shape index (κ3) is 4.52. The fourth-order valence-corrected chi connectivity index (χ4v) is 3.25. The molecule has 0 fully saturated rings. The molecule has 0 aliphatic rings. The molecule has 1 N–H and O–H groups in total. The fourth-order valence-electron chi connectivity index (χ4n) is 1.85. The van der Waals surface area contributed by atoms with Crippen molar-refractivity contribution >= 4 is 27.0 Å². The zero-order valence-corrected chi connectivity index (χ0v) is 13.8. The van der Waals surface area contributed by atoms with Crippen molar-refractivity contribution < 1.29 is 13.2 Å². The van der Waals surface area contributed by atoms with E-state index >= 15 is 0 Å². The van der Waals surface area contributed by atoms with Gasteiger partial charge in [-0.3, -0.25) is 4.72 Å². The summed E-state index contributed by atoms with van der Waals surface area (Å²) in [6, 6.07) is 7.14. The lowest BCUT2D eigenvalue weighted by Crippen LogP contribution is -2.09. The molecule has 0 aliphatic heterocycles. The fraction of sp³-hybridized carbons (Fsp3) is 0.357. The third-order valence-corrected chi connectivity index (χ3v) is 4.38. The highest BCUT2D eigenvalue weighted by molar-refractivity contribution is 7.92. The van der Waals surface area contributed by atoms with Gasteiger partial charge in [-0.05, 0) is 26.0 Å². The van der Waals surface area contributed by atoms with E-state index in [1.165, 1.54) is 0 Å². The van der Waals surface area contributed by atoms with Crippen molar-refractivity contribution in [1.29, 1.82) is 0 Å². The van der Waals surface area contributed by atoms with Crippen LogP contribution in [0.4, 0.5) is 5.69 Å². The second kappa shape index (κ2) is 6.55. The summed E-state index contributed by atoms with van der Waals surface area (Å²) in [6.45, 7) is 4.59. The summed E-state index contributed by atoms with van der Waals surface area (Å²) in [4.78, 5) is 4.56. The molecule has 0 aliphatic carbocycles. The monoisotopic (exact) mass is 326 g/mol. The maximum atomic E-state index is 11.2. The number of thiazole rings is 1. The van der Waals surface area contributed by atoms with Crippen LogP contribution in [0, 0.1) is 0 Å². The number of hydrogen-bond donors (Lipinski definition) is 1. The molecule has 114 valence electrons. The van der Waals surface area contributed by atoms with Crippen LogP contribution in [0.3, 0.4) is 0 Å². The van der Waals surface area contributed by atoms with Gasteiger partial charge in [-0.2, -0.15) is 0 Å². The number of anilines is 1. The second-order valence-electron chi connectivity index (χ2n) is 4.62. The molecule has 1 atom stereocenters. The Morgan fingerprint density at radius 3 is 2.57 bits per heavy atom. The first-order valence-electron chi connectivity index (χ1n) is 6.54. The van der Waals surface area contributed by atoms with E-state index in [2.05, 4.69) is 9.71 Å². The van der Waals surface area contributed by atoms with Crippen molar-refractivity contribution in [3.63, 3.8) is 0 Å². The molecule has 0 spiro atoms. The van der Waals surface area contributed by atoms with Crippen molar-refractivity contribution in [1.82, 2.24) is 4.98 Å². The van der Waals surface area contributed by atoms with Gasteiger partial charge in [0.1, 0.15) is 11.1 Å². The van der Waals surface area contributed by atoms with E-state index in [0.717, 1.165) is 22.5 Å². The molecular weight excluding hydrogens is 308 g/mol. The first kappa shape index (κ1) is 15.9. The van der Waals surface area contributed by atoms with Crippen LogP contribution in [-0.4, -0.2) is 26.3 Å². The van der Waals surface area contributed by atoms with Crippen LogP contribution in [0.5, 0.6) is 0 Å². The Kier molecular flexibility index (Phi) is 4.97. The van der Waals surface area contributed by atoms with Crippen molar-refractivity contribution in [3.8, 4) is 11.3 Å². The summed E-state index contributed by atoms with van der Waals surface area (Å²) in [7, 11) is -3.25. The van der Waals surface area contributed by atoms with Crippen LogP contribution >= 0.6 is 11.3 Å². The summed E-state index contributed by atoms with van der Waals surface area (Å²) >= 11 is 1.56. The van der Waals surface area contributed by atoms with Crippen LogP contribution in [-0.2, 0) is 14.8 Å². The number of sulfonamides is 1. The maximum Gasteiger partial charge on any atom is 0.229 e. The number of nitrogens with zero attached hydrogens (tertiary/aromatic N) is 1. The minimum Gasteiger partial charge on any atom is -0.372 e. The number of benzene rings is 1. The molecule has 0 unspecified atom stereocenters.